The van der Waals surface area contributed by atoms with Crippen LogP contribution in [0, 0.1) is 6.92 Å². The van der Waals surface area contributed by atoms with Gasteiger partial charge in [0.25, 0.3) is 0 Å². The Kier molecular flexibility index (Phi) is 3.31. The molecule has 0 saturated heterocycles. The molecule has 0 amide bonds. The maximum atomic E-state index is 6.23. The number of nitrogens with zero attached hydrogens (tertiary/aromatic N) is 2. The summed E-state index contributed by atoms with van der Waals surface area (Å²) in [6.07, 6.45) is 1.57. The highest BCUT2D eigenvalue weighted by Crippen LogP contribution is 2.28. The Balaban J connectivity index is 2.37. The van der Waals surface area contributed by atoms with Gasteiger partial charge in [0.15, 0.2) is 0 Å². The van der Waals surface area contributed by atoms with Crippen LogP contribution in [0.1, 0.15) is 38.1 Å². The smallest absolute Gasteiger partial charge is 0.247 e. The minimum Gasteiger partial charge on any atom is -0.337 e. The molecule has 4 nitrogen and oxygen atoms in total. The van der Waals surface area contributed by atoms with Crippen LogP contribution in [-0.2, 0) is 5.54 Å². The van der Waals surface area contributed by atoms with Crippen molar-refractivity contribution in [2.45, 2.75) is 39.2 Å². The van der Waals surface area contributed by atoms with Gasteiger partial charge in [0.05, 0.1) is 5.54 Å². The van der Waals surface area contributed by atoms with E-state index in [1.165, 1.54) is 0 Å². The zero-order valence-electron chi connectivity index (χ0n) is 10.4. The number of hydrogen-bond donors (Lipinski definition) is 1. The maximum absolute atomic E-state index is 6.23. The van der Waals surface area contributed by atoms with Crippen molar-refractivity contribution in [1.82, 2.24) is 10.1 Å². The SMILES string of the molecule is CCC(N)(CC)c1nc(-c2cscc2C)no1. The molecule has 2 rings (SSSR count). The van der Waals surface area contributed by atoms with Gasteiger partial charge in [0.1, 0.15) is 0 Å². The minimum atomic E-state index is -0.505. The summed E-state index contributed by atoms with van der Waals surface area (Å²) in [5, 5.41) is 8.12. The molecule has 0 aromatic carbocycles. The number of aromatic nitrogens is 2. The van der Waals surface area contributed by atoms with Crippen molar-refractivity contribution in [3.05, 3.63) is 22.2 Å². The Morgan fingerprint density at radius 3 is 2.59 bits per heavy atom. The van der Waals surface area contributed by atoms with Gasteiger partial charge in [-0.05, 0) is 30.7 Å². The molecule has 2 N–H and O–H groups in total. The van der Waals surface area contributed by atoms with Gasteiger partial charge in [-0.3, -0.25) is 0 Å². The van der Waals surface area contributed by atoms with Gasteiger partial charge in [0, 0.05) is 10.9 Å². The Morgan fingerprint density at radius 1 is 1.35 bits per heavy atom. The summed E-state index contributed by atoms with van der Waals surface area (Å²) in [6, 6.07) is 0. The summed E-state index contributed by atoms with van der Waals surface area (Å²) < 4.78 is 5.31. The molecule has 0 radical (unpaired) electrons. The third kappa shape index (κ3) is 2.12. The Morgan fingerprint density at radius 2 is 2.06 bits per heavy atom. The van der Waals surface area contributed by atoms with E-state index in [2.05, 4.69) is 15.5 Å². The number of aryl methyl sites for hydroxylation is 1. The van der Waals surface area contributed by atoms with E-state index in [0.717, 1.165) is 24.0 Å². The van der Waals surface area contributed by atoms with Crippen molar-refractivity contribution in [3.63, 3.8) is 0 Å². The quantitative estimate of drug-likeness (QED) is 0.907. The average Bonchev–Trinajstić information content (AvgIpc) is 2.96. The van der Waals surface area contributed by atoms with Gasteiger partial charge in [-0.25, -0.2) is 0 Å². The van der Waals surface area contributed by atoms with Crippen LogP contribution < -0.4 is 5.73 Å². The molecule has 0 bridgehead atoms. The topological polar surface area (TPSA) is 64.9 Å². The molecule has 92 valence electrons. The number of hydrogen-bond acceptors (Lipinski definition) is 5. The van der Waals surface area contributed by atoms with E-state index in [1.807, 2.05) is 26.2 Å². The summed E-state index contributed by atoms with van der Waals surface area (Å²) >= 11 is 1.64. The molecule has 0 atom stereocenters. The van der Waals surface area contributed by atoms with Crippen LogP contribution in [0.15, 0.2) is 15.3 Å². The first-order chi connectivity index (χ1) is 8.10. The molecule has 5 heteroatoms. The Labute approximate surface area is 105 Å². The van der Waals surface area contributed by atoms with Crippen molar-refractivity contribution in [2.24, 2.45) is 5.73 Å². The number of nitrogens with two attached hydrogens (primary N) is 1. The molecule has 0 fully saturated rings. The second-order valence-corrected chi connectivity index (χ2v) is 5.00. The second kappa shape index (κ2) is 4.58. The third-order valence-corrected chi connectivity index (χ3v) is 4.07. The normalized spacial score (nSPS) is 12.0. The Bertz CT molecular complexity index is 499. The molecule has 0 unspecified atom stereocenters. The van der Waals surface area contributed by atoms with Crippen molar-refractivity contribution in [3.8, 4) is 11.4 Å². The van der Waals surface area contributed by atoms with Crippen molar-refractivity contribution >= 4 is 11.3 Å². The van der Waals surface area contributed by atoms with Crippen LogP contribution in [0.25, 0.3) is 11.4 Å². The van der Waals surface area contributed by atoms with Gasteiger partial charge in [0.2, 0.25) is 11.7 Å². The van der Waals surface area contributed by atoms with Crippen LogP contribution in [0.4, 0.5) is 0 Å². The summed E-state index contributed by atoms with van der Waals surface area (Å²) in [6.45, 7) is 6.10. The molecule has 0 aliphatic heterocycles. The van der Waals surface area contributed by atoms with Crippen LogP contribution in [0.3, 0.4) is 0 Å². The van der Waals surface area contributed by atoms with Crippen molar-refractivity contribution < 1.29 is 4.52 Å². The minimum absolute atomic E-state index is 0.505. The standard InChI is InChI=1S/C12H17N3OS/c1-4-12(13,5-2)11-14-10(15-16-11)9-7-17-6-8(9)3/h6-7H,4-5,13H2,1-3H3. The first kappa shape index (κ1) is 12.3. The largest absolute Gasteiger partial charge is 0.337 e. The van der Waals surface area contributed by atoms with Gasteiger partial charge < -0.3 is 10.3 Å². The zero-order chi connectivity index (χ0) is 12.5. The van der Waals surface area contributed by atoms with E-state index in [9.17, 15) is 0 Å². The van der Waals surface area contributed by atoms with Crippen molar-refractivity contribution in [1.29, 1.82) is 0 Å². The van der Waals surface area contributed by atoms with E-state index in [-0.39, 0.29) is 0 Å². The van der Waals surface area contributed by atoms with Crippen LogP contribution in [0.2, 0.25) is 0 Å². The van der Waals surface area contributed by atoms with Gasteiger partial charge in [-0.2, -0.15) is 16.3 Å². The van der Waals surface area contributed by atoms with Crippen LogP contribution in [0.5, 0.6) is 0 Å². The third-order valence-electron chi connectivity index (χ3n) is 3.21. The summed E-state index contributed by atoms with van der Waals surface area (Å²) in [7, 11) is 0. The van der Waals surface area contributed by atoms with Crippen LogP contribution >= 0.6 is 11.3 Å². The highest BCUT2D eigenvalue weighted by Gasteiger charge is 2.30. The maximum Gasteiger partial charge on any atom is 0.247 e. The summed E-state index contributed by atoms with van der Waals surface area (Å²) in [5.74, 6) is 1.17. The molecular weight excluding hydrogens is 234 g/mol. The van der Waals surface area contributed by atoms with Crippen LogP contribution in [-0.4, -0.2) is 10.1 Å². The molecule has 17 heavy (non-hydrogen) atoms. The average molecular weight is 251 g/mol. The molecule has 0 aliphatic carbocycles. The molecular formula is C12H17N3OS. The highest BCUT2D eigenvalue weighted by molar-refractivity contribution is 7.08. The zero-order valence-corrected chi connectivity index (χ0v) is 11.2. The van der Waals surface area contributed by atoms with Gasteiger partial charge in [-0.15, -0.1) is 0 Å². The van der Waals surface area contributed by atoms with Gasteiger partial charge in [-0.1, -0.05) is 19.0 Å². The van der Waals surface area contributed by atoms with E-state index in [0.29, 0.717) is 11.7 Å². The lowest BCUT2D eigenvalue weighted by Gasteiger charge is -2.20. The number of thiophene rings is 1. The van der Waals surface area contributed by atoms with Gasteiger partial charge >= 0.3 is 0 Å². The first-order valence-electron chi connectivity index (χ1n) is 5.77. The molecule has 0 saturated carbocycles. The molecule has 0 spiro atoms. The molecule has 2 aromatic heterocycles. The van der Waals surface area contributed by atoms with E-state index >= 15 is 0 Å². The molecule has 2 aromatic rings. The Hall–Kier alpha value is -1.20. The van der Waals surface area contributed by atoms with Crippen molar-refractivity contribution in [2.75, 3.05) is 0 Å². The lowest BCUT2D eigenvalue weighted by atomic mass is 9.94. The molecule has 2 heterocycles. The highest BCUT2D eigenvalue weighted by atomic mass is 32.1. The monoisotopic (exact) mass is 251 g/mol. The van der Waals surface area contributed by atoms with E-state index in [4.69, 9.17) is 10.3 Å². The lowest BCUT2D eigenvalue weighted by Crippen LogP contribution is -2.35. The summed E-state index contributed by atoms with van der Waals surface area (Å²) in [5.41, 5.74) is 7.92. The van der Waals surface area contributed by atoms with E-state index in [1.54, 1.807) is 11.3 Å². The predicted octanol–water partition coefficient (Wildman–Crippen LogP) is 3.08. The fraction of sp³-hybridized carbons (Fsp3) is 0.500. The second-order valence-electron chi connectivity index (χ2n) is 4.25. The number of rotatable bonds is 4. The predicted molar refractivity (Wildman–Crippen MR) is 68.8 cm³/mol. The fourth-order valence-corrected chi connectivity index (χ4v) is 2.50. The molecule has 0 aliphatic rings. The fourth-order valence-electron chi connectivity index (χ4n) is 1.68. The lowest BCUT2D eigenvalue weighted by molar-refractivity contribution is 0.268. The summed E-state index contributed by atoms with van der Waals surface area (Å²) in [4.78, 5) is 4.43. The first-order valence-corrected chi connectivity index (χ1v) is 6.71. The van der Waals surface area contributed by atoms with E-state index < -0.39 is 5.54 Å².